The third kappa shape index (κ3) is 5.45. The van der Waals surface area contributed by atoms with Crippen LogP contribution in [0.1, 0.15) is 94.3 Å². The van der Waals surface area contributed by atoms with Gasteiger partial charge in [-0.2, -0.15) is 0 Å². The van der Waals surface area contributed by atoms with E-state index in [4.69, 9.17) is 5.11 Å². The van der Waals surface area contributed by atoms with E-state index < -0.39 is 18.2 Å². The number of rotatable bonds is 11. The standard InChI is InChI=1S/C26H36O5/c1-2-14-26(15-7-16-26)25(31)19-12-10-18(11-13-19)24-20(21(27)17-22(24)28)8-5-3-4-6-9-23(29)30/h3,5,10-13,20,22,24-25,28,31H,2,4,6-9,14-17H2,1H3,(H,29,30)/b5-3+. The van der Waals surface area contributed by atoms with Crippen molar-refractivity contribution < 1.29 is 24.9 Å². The summed E-state index contributed by atoms with van der Waals surface area (Å²) in [6, 6.07) is 7.86. The molecule has 2 aliphatic carbocycles. The Morgan fingerprint density at radius 2 is 1.94 bits per heavy atom. The number of carbonyl (C=O) groups excluding carboxylic acids is 1. The third-order valence-corrected chi connectivity index (χ3v) is 7.30. The van der Waals surface area contributed by atoms with Crippen molar-refractivity contribution in [2.75, 3.05) is 0 Å². The fraction of sp³-hybridized carbons (Fsp3) is 0.615. The molecule has 0 bridgehead atoms. The van der Waals surface area contributed by atoms with Crippen molar-refractivity contribution in [1.29, 1.82) is 0 Å². The average molecular weight is 429 g/mol. The lowest BCUT2D eigenvalue weighted by atomic mass is 9.61. The number of carboxylic acid groups (broad SMARTS) is 1. The maximum Gasteiger partial charge on any atom is 0.303 e. The van der Waals surface area contributed by atoms with E-state index in [1.54, 1.807) is 0 Å². The van der Waals surface area contributed by atoms with Gasteiger partial charge in [-0.05, 0) is 49.7 Å². The second kappa shape index (κ2) is 10.6. The number of hydrogen-bond donors (Lipinski definition) is 3. The van der Waals surface area contributed by atoms with Gasteiger partial charge in [0.05, 0.1) is 12.2 Å². The summed E-state index contributed by atoms with van der Waals surface area (Å²) in [5.74, 6) is -1.22. The average Bonchev–Trinajstić information content (AvgIpc) is 2.99. The predicted octanol–water partition coefficient (Wildman–Crippen LogP) is 4.93. The second-order valence-electron chi connectivity index (χ2n) is 9.40. The number of unbranched alkanes of at least 4 members (excludes halogenated alkanes) is 1. The minimum absolute atomic E-state index is 0.00702. The number of Topliss-reactive ketones (excluding diaryl/α,β-unsaturated/α-hetero) is 1. The van der Waals surface area contributed by atoms with E-state index >= 15 is 0 Å². The Morgan fingerprint density at radius 3 is 2.52 bits per heavy atom. The number of allylic oxidation sites excluding steroid dienone is 2. The summed E-state index contributed by atoms with van der Waals surface area (Å²) in [6.07, 6.45) is 10.3. The lowest BCUT2D eigenvalue weighted by Crippen LogP contribution is -2.36. The zero-order valence-electron chi connectivity index (χ0n) is 18.5. The van der Waals surface area contributed by atoms with E-state index in [9.17, 15) is 19.8 Å². The van der Waals surface area contributed by atoms with Crippen molar-refractivity contribution in [3.05, 3.63) is 47.5 Å². The fourth-order valence-electron chi connectivity index (χ4n) is 5.46. The molecule has 0 aromatic heterocycles. The van der Waals surface area contributed by atoms with Crippen LogP contribution in [0, 0.1) is 11.3 Å². The minimum Gasteiger partial charge on any atom is -0.481 e. The number of carboxylic acids is 1. The van der Waals surface area contributed by atoms with Gasteiger partial charge in [-0.15, -0.1) is 0 Å². The molecule has 0 heterocycles. The Bertz CT molecular complexity index is 777. The number of benzene rings is 1. The molecule has 2 aliphatic rings. The van der Waals surface area contributed by atoms with Gasteiger partial charge in [0, 0.05) is 30.1 Å². The van der Waals surface area contributed by atoms with E-state index in [1.165, 1.54) is 6.42 Å². The first-order valence-corrected chi connectivity index (χ1v) is 11.7. The molecule has 2 fully saturated rings. The number of carbonyl (C=O) groups is 2. The minimum atomic E-state index is -0.797. The number of ketones is 1. The zero-order valence-corrected chi connectivity index (χ0v) is 18.5. The van der Waals surface area contributed by atoms with Crippen LogP contribution in [0.3, 0.4) is 0 Å². The van der Waals surface area contributed by atoms with Crippen LogP contribution < -0.4 is 0 Å². The maximum atomic E-state index is 12.5. The first-order chi connectivity index (χ1) is 14.9. The van der Waals surface area contributed by atoms with Crippen molar-refractivity contribution in [1.82, 2.24) is 0 Å². The normalized spacial score (nSPS) is 26.2. The SMILES string of the molecule is CCCC1(C(O)c2ccc(C3C(O)CC(=O)C3C/C=C/CCCC(=O)O)cc2)CCC1. The second-order valence-corrected chi connectivity index (χ2v) is 9.40. The van der Waals surface area contributed by atoms with Crippen LogP contribution in [0.4, 0.5) is 0 Å². The Morgan fingerprint density at radius 1 is 1.23 bits per heavy atom. The molecule has 1 aromatic rings. The molecule has 0 aliphatic heterocycles. The van der Waals surface area contributed by atoms with E-state index in [-0.39, 0.29) is 35.9 Å². The molecule has 1 aromatic carbocycles. The van der Waals surface area contributed by atoms with Crippen molar-refractivity contribution in [2.45, 2.75) is 89.3 Å². The highest BCUT2D eigenvalue weighted by atomic mass is 16.4. The molecular formula is C26H36O5. The molecular weight excluding hydrogens is 392 g/mol. The summed E-state index contributed by atoms with van der Waals surface area (Å²) in [5.41, 5.74) is 1.87. The quantitative estimate of drug-likeness (QED) is 0.343. The summed E-state index contributed by atoms with van der Waals surface area (Å²) < 4.78 is 0. The molecule has 0 saturated heterocycles. The van der Waals surface area contributed by atoms with Crippen molar-refractivity contribution in [2.24, 2.45) is 11.3 Å². The lowest BCUT2D eigenvalue weighted by Gasteiger charge is -2.46. The molecule has 31 heavy (non-hydrogen) atoms. The van der Waals surface area contributed by atoms with Gasteiger partial charge in [0.15, 0.2) is 0 Å². The Balaban J connectivity index is 1.66. The van der Waals surface area contributed by atoms with Gasteiger partial charge in [0.2, 0.25) is 0 Å². The zero-order chi connectivity index (χ0) is 22.4. The van der Waals surface area contributed by atoms with E-state index in [0.29, 0.717) is 19.3 Å². The third-order valence-electron chi connectivity index (χ3n) is 7.30. The van der Waals surface area contributed by atoms with E-state index in [2.05, 4.69) is 6.92 Å². The first-order valence-electron chi connectivity index (χ1n) is 11.7. The monoisotopic (exact) mass is 428 g/mol. The van der Waals surface area contributed by atoms with Gasteiger partial charge in [-0.3, -0.25) is 9.59 Å². The van der Waals surface area contributed by atoms with Gasteiger partial charge in [0.1, 0.15) is 5.78 Å². The summed E-state index contributed by atoms with van der Waals surface area (Å²) in [6.45, 7) is 2.16. The van der Waals surface area contributed by atoms with Crippen LogP contribution in [0.25, 0.3) is 0 Å². The molecule has 4 unspecified atom stereocenters. The molecule has 0 spiro atoms. The van der Waals surface area contributed by atoms with Gasteiger partial charge in [-0.1, -0.05) is 56.2 Å². The van der Waals surface area contributed by atoms with Gasteiger partial charge in [-0.25, -0.2) is 0 Å². The van der Waals surface area contributed by atoms with E-state index in [0.717, 1.165) is 36.8 Å². The van der Waals surface area contributed by atoms with Crippen molar-refractivity contribution in [3.63, 3.8) is 0 Å². The van der Waals surface area contributed by atoms with E-state index in [1.807, 2.05) is 36.4 Å². The van der Waals surface area contributed by atoms with Crippen LogP contribution in [-0.2, 0) is 9.59 Å². The predicted molar refractivity (Wildman–Crippen MR) is 120 cm³/mol. The Labute approximate surface area is 185 Å². The molecule has 0 amide bonds. The van der Waals surface area contributed by atoms with Gasteiger partial charge in [0.25, 0.3) is 0 Å². The largest absolute Gasteiger partial charge is 0.481 e. The Hall–Kier alpha value is -1.98. The van der Waals surface area contributed by atoms with Crippen LogP contribution in [0.2, 0.25) is 0 Å². The highest BCUT2D eigenvalue weighted by Gasteiger charge is 2.44. The number of aliphatic hydroxyl groups is 2. The highest BCUT2D eigenvalue weighted by molar-refractivity contribution is 5.85. The maximum absolute atomic E-state index is 12.5. The molecule has 170 valence electrons. The number of hydrogen-bond acceptors (Lipinski definition) is 4. The van der Waals surface area contributed by atoms with Crippen LogP contribution in [0.15, 0.2) is 36.4 Å². The van der Waals surface area contributed by atoms with Gasteiger partial charge < -0.3 is 15.3 Å². The van der Waals surface area contributed by atoms with Crippen LogP contribution >= 0.6 is 0 Å². The lowest BCUT2D eigenvalue weighted by molar-refractivity contribution is -0.137. The molecule has 3 N–H and O–H groups in total. The molecule has 2 saturated carbocycles. The topological polar surface area (TPSA) is 94.8 Å². The molecule has 0 radical (unpaired) electrons. The van der Waals surface area contributed by atoms with Crippen molar-refractivity contribution in [3.8, 4) is 0 Å². The number of aliphatic hydroxyl groups excluding tert-OH is 2. The summed E-state index contributed by atoms with van der Waals surface area (Å²) >= 11 is 0. The summed E-state index contributed by atoms with van der Waals surface area (Å²) in [5, 5.41) is 30.2. The first kappa shape index (κ1) is 23.7. The smallest absolute Gasteiger partial charge is 0.303 e. The molecule has 5 nitrogen and oxygen atoms in total. The summed E-state index contributed by atoms with van der Waals surface area (Å²) in [7, 11) is 0. The molecule has 4 atom stereocenters. The fourth-order valence-corrected chi connectivity index (χ4v) is 5.46. The summed E-state index contributed by atoms with van der Waals surface area (Å²) in [4.78, 5) is 23.1. The van der Waals surface area contributed by atoms with Gasteiger partial charge >= 0.3 is 5.97 Å². The molecule has 3 rings (SSSR count). The molecule has 5 heteroatoms. The van der Waals surface area contributed by atoms with Crippen LogP contribution in [-0.4, -0.2) is 33.2 Å². The number of aliphatic carboxylic acids is 1. The van der Waals surface area contributed by atoms with Crippen LogP contribution in [0.5, 0.6) is 0 Å². The highest BCUT2D eigenvalue weighted by Crippen LogP contribution is 2.53. The Kier molecular flexibility index (Phi) is 8.06. The van der Waals surface area contributed by atoms with Crippen molar-refractivity contribution >= 4 is 11.8 Å².